The molecule has 0 spiro atoms. The van der Waals surface area contributed by atoms with E-state index in [2.05, 4.69) is 37.2 Å². The highest BCUT2D eigenvalue weighted by molar-refractivity contribution is 9.11. The highest BCUT2D eigenvalue weighted by Crippen LogP contribution is 2.36. The first kappa shape index (κ1) is 21.4. The van der Waals surface area contributed by atoms with Gasteiger partial charge in [0.1, 0.15) is 12.4 Å². The van der Waals surface area contributed by atoms with Crippen LogP contribution < -0.4 is 10.1 Å². The quantitative estimate of drug-likeness (QED) is 0.412. The molecule has 1 unspecified atom stereocenters. The summed E-state index contributed by atoms with van der Waals surface area (Å²) in [5.41, 5.74) is 2.45. The predicted octanol–water partition coefficient (Wildman–Crippen LogP) is 6.37. The molecule has 1 aliphatic carbocycles. The van der Waals surface area contributed by atoms with E-state index in [0.29, 0.717) is 37.9 Å². The molecule has 2 N–H and O–H groups in total. The molecule has 1 fully saturated rings. The van der Waals surface area contributed by atoms with Gasteiger partial charge in [0.05, 0.1) is 8.95 Å². The van der Waals surface area contributed by atoms with Crippen LogP contribution in [0.3, 0.4) is 0 Å². The lowest BCUT2D eigenvalue weighted by Gasteiger charge is -2.27. The van der Waals surface area contributed by atoms with Gasteiger partial charge in [-0.25, -0.2) is 9.18 Å². The molecule has 0 saturated heterocycles. The van der Waals surface area contributed by atoms with Gasteiger partial charge in [0.2, 0.25) is 6.17 Å². The summed E-state index contributed by atoms with van der Waals surface area (Å²) in [5.74, 6) is -0.914. The van der Waals surface area contributed by atoms with Crippen LogP contribution >= 0.6 is 43.5 Å². The highest BCUT2D eigenvalue weighted by Gasteiger charge is 2.19. The Labute approximate surface area is 184 Å². The topological polar surface area (TPSA) is 58.6 Å². The highest BCUT2D eigenvalue weighted by atomic mass is 79.9. The van der Waals surface area contributed by atoms with E-state index in [1.807, 2.05) is 18.2 Å². The van der Waals surface area contributed by atoms with Crippen LogP contribution in [0.15, 0.2) is 39.3 Å². The number of alkyl halides is 1. The van der Waals surface area contributed by atoms with Crippen molar-refractivity contribution < 1.29 is 19.0 Å². The smallest absolute Gasteiger partial charge is 0.338 e. The minimum absolute atomic E-state index is 0.211. The zero-order valence-corrected chi connectivity index (χ0v) is 18.8. The van der Waals surface area contributed by atoms with Gasteiger partial charge in [-0.1, -0.05) is 11.6 Å². The van der Waals surface area contributed by atoms with Crippen molar-refractivity contribution in [2.45, 2.75) is 44.5 Å². The number of carboxylic acids is 1. The second-order valence-corrected chi connectivity index (χ2v) is 8.95. The summed E-state index contributed by atoms with van der Waals surface area (Å²) in [7, 11) is 0. The van der Waals surface area contributed by atoms with Crippen molar-refractivity contribution in [1.29, 1.82) is 0 Å². The van der Waals surface area contributed by atoms with E-state index >= 15 is 0 Å². The number of halogens is 4. The van der Waals surface area contributed by atoms with Crippen LogP contribution in [0.1, 0.15) is 30.4 Å². The van der Waals surface area contributed by atoms with Crippen molar-refractivity contribution in [2.75, 3.05) is 5.32 Å². The van der Waals surface area contributed by atoms with Gasteiger partial charge < -0.3 is 15.2 Å². The van der Waals surface area contributed by atoms with Crippen molar-refractivity contribution in [1.82, 2.24) is 0 Å². The SMILES string of the molecule is O=C(O)C(F)Cc1cc(Br)c(OCc2cc(Cl)cc(NC3CCC3)c2)c(Br)c1. The molecule has 3 rings (SSSR count). The molecule has 28 heavy (non-hydrogen) atoms. The van der Waals surface area contributed by atoms with Crippen LogP contribution in [0.25, 0.3) is 0 Å². The van der Waals surface area contributed by atoms with E-state index in [-0.39, 0.29) is 6.42 Å². The maximum Gasteiger partial charge on any atom is 0.338 e. The lowest BCUT2D eigenvalue weighted by Crippen LogP contribution is -2.26. The molecule has 0 bridgehead atoms. The van der Waals surface area contributed by atoms with Crippen LogP contribution in [0.2, 0.25) is 5.02 Å². The third kappa shape index (κ3) is 5.61. The Kier molecular flexibility index (Phi) is 7.23. The molecule has 1 aliphatic rings. The molecule has 0 aliphatic heterocycles. The Morgan fingerprint density at radius 3 is 2.46 bits per heavy atom. The van der Waals surface area contributed by atoms with Gasteiger partial charge in [0, 0.05) is 23.2 Å². The molecule has 2 aromatic carbocycles. The van der Waals surface area contributed by atoms with Gasteiger partial charge in [-0.3, -0.25) is 0 Å². The first-order valence-electron chi connectivity index (χ1n) is 8.85. The van der Waals surface area contributed by atoms with E-state index < -0.39 is 12.1 Å². The van der Waals surface area contributed by atoms with Gasteiger partial charge in [0.25, 0.3) is 0 Å². The van der Waals surface area contributed by atoms with E-state index in [4.69, 9.17) is 21.4 Å². The van der Waals surface area contributed by atoms with Crippen molar-refractivity contribution in [3.63, 3.8) is 0 Å². The summed E-state index contributed by atoms with van der Waals surface area (Å²) in [4.78, 5) is 10.7. The van der Waals surface area contributed by atoms with Crippen molar-refractivity contribution >= 4 is 55.1 Å². The molecule has 1 atom stereocenters. The zero-order valence-electron chi connectivity index (χ0n) is 14.9. The summed E-state index contributed by atoms with van der Waals surface area (Å²) < 4.78 is 20.6. The Hall–Kier alpha value is -1.31. The van der Waals surface area contributed by atoms with Crippen LogP contribution in [-0.4, -0.2) is 23.3 Å². The molecule has 1 saturated carbocycles. The number of aliphatic carboxylic acids is 1. The number of rotatable bonds is 8. The predicted molar refractivity (Wildman–Crippen MR) is 115 cm³/mol. The normalized spacial score (nSPS) is 15.0. The average molecular weight is 536 g/mol. The molecule has 0 aromatic heterocycles. The number of nitrogens with one attached hydrogen (secondary N) is 1. The van der Waals surface area contributed by atoms with Crippen LogP contribution in [-0.2, 0) is 17.8 Å². The minimum Gasteiger partial charge on any atom is -0.487 e. The summed E-state index contributed by atoms with van der Waals surface area (Å²) in [5, 5.41) is 12.8. The summed E-state index contributed by atoms with van der Waals surface area (Å²) >= 11 is 13.1. The first-order valence-corrected chi connectivity index (χ1v) is 10.8. The fraction of sp³-hybridized carbons (Fsp3) is 0.350. The average Bonchev–Trinajstić information content (AvgIpc) is 2.57. The Morgan fingerprint density at radius 2 is 1.89 bits per heavy atom. The molecule has 2 aromatic rings. The van der Waals surface area contributed by atoms with Crippen LogP contribution in [0, 0.1) is 0 Å². The first-order chi connectivity index (χ1) is 13.3. The molecular weight excluding hydrogens is 516 g/mol. The lowest BCUT2D eigenvalue weighted by atomic mass is 9.93. The molecule has 0 radical (unpaired) electrons. The molecule has 150 valence electrons. The number of hydrogen-bond acceptors (Lipinski definition) is 3. The largest absolute Gasteiger partial charge is 0.487 e. The summed E-state index contributed by atoms with van der Waals surface area (Å²) in [6.07, 6.45) is 1.44. The van der Waals surface area contributed by atoms with Crippen molar-refractivity contribution in [3.8, 4) is 5.75 Å². The minimum atomic E-state index is -1.95. The number of ether oxygens (including phenoxy) is 1. The number of carboxylic acid groups (broad SMARTS) is 1. The van der Waals surface area contributed by atoms with E-state index in [9.17, 15) is 9.18 Å². The standard InChI is InChI=1S/C20H19Br2ClFNO3/c21-16-6-11(8-18(24)20(26)27)7-17(22)19(16)28-10-12-4-13(23)9-15(5-12)25-14-2-1-3-14/h4-7,9,14,18,25H,1-3,8,10H2,(H,26,27). The second-order valence-electron chi connectivity index (χ2n) is 6.81. The Balaban J connectivity index is 1.69. The third-order valence-electron chi connectivity index (χ3n) is 4.56. The zero-order chi connectivity index (χ0) is 20.3. The van der Waals surface area contributed by atoms with Crippen molar-refractivity contribution in [3.05, 3.63) is 55.4 Å². The number of anilines is 1. The second kappa shape index (κ2) is 9.46. The van der Waals surface area contributed by atoms with Gasteiger partial charge in [-0.2, -0.15) is 0 Å². The fourth-order valence-electron chi connectivity index (χ4n) is 2.92. The Morgan fingerprint density at radius 1 is 1.21 bits per heavy atom. The maximum absolute atomic E-state index is 13.5. The number of carbonyl (C=O) groups is 1. The molecule has 0 heterocycles. The maximum atomic E-state index is 13.5. The Bertz CT molecular complexity index is 854. The fourth-order valence-corrected chi connectivity index (χ4v) is 4.69. The summed E-state index contributed by atoms with van der Waals surface area (Å²) in [6, 6.07) is 9.60. The van der Waals surface area contributed by atoms with E-state index in [0.717, 1.165) is 11.3 Å². The molecule has 0 amide bonds. The third-order valence-corrected chi connectivity index (χ3v) is 5.95. The monoisotopic (exact) mass is 533 g/mol. The lowest BCUT2D eigenvalue weighted by molar-refractivity contribution is -0.142. The van der Waals surface area contributed by atoms with Crippen LogP contribution in [0.4, 0.5) is 10.1 Å². The summed E-state index contributed by atoms with van der Waals surface area (Å²) in [6.45, 7) is 0.303. The van der Waals surface area contributed by atoms with Gasteiger partial charge in [-0.05, 0) is 92.6 Å². The van der Waals surface area contributed by atoms with Gasteiger partial charge >= 0.3 is 5.97 Å². The molecule has 8 heteroatoms. The molecular formula is C20H19Br2ClFNO3. The van der Waals surface area contributed by atoms with E-state index in [1.165, 1.54) is 19.3 Å². The van der Waals surface area contributed by atoms with E-state index in [1.54, 1.807) is 12.1 Å². The van der Waals surface area contributed by atoms with Gasteiger partial charge in [-0.15, -0.1) is 0 Å². The number of benzene rings is 2. The number of hydrogen-bond donors (Lipinski definition) is 2. The van der Waals surface area contributed by atoms with Crippen molar-refractivity contribution in [2.24, 2.45) is 0 Å². The van der Waals surface area contributed by atoms with Crippen LogP contribution in [0.5, 0.6) is 5.75 Å². The van der Waals surface area contributed by atoms with Gasteiger partial charge in [0.15, 0.2) is 0 Å². The molecule has 4 nitrogen and oxygen atoms in total.